The van der Waals surface area contributed by atoms with Crippen molar-refractivity contribution in [2.75, 3.05) is 26.1 Å². The second-order valence-electron chi connectivity index (χ2n) is 5.85. The van der Waals surface area contributed by atoms with Gasteiger partial charge in [-0.15, -0.1) is 0 Å². The minimum absolute atomic E-state index is 0.275. The lowest BCUT2D eigenvalue weighted by molar-refractivity contribution is -0.118. The van der Waals surface area contributed by atoms with E-state index in [1.165, 1.54) is 14.2 Å². The van der Waals surface area contributed by atoms with Crippen LogP contribution in [0.2, 0.25) is 0 Å². The predicted octanol–water partition coefficient (Wildman–Crippen LogP) is 0.312. The van der Waals surface area contributed by atoms with E-state index in [-0.39, 0.29) is 17.4 Å². The monoisotopic (exact) mass is 371 g/mol. The molecular weight excluding hydrogens is 350 g/mol. The van der Waals surface area contributed by atoms with Crippen molar-refractivity contribution in [3.8, 4) is 11.5 Å². The number of carbonyl (C=O) groups excluding carboxylic acids is 2. The van der Waals surface area contributed by atoms with E-state index in [1.54, 1.807) is 42.7 Å². The number of nitrogens with zero attached hydrogens (tertiary/aromatic N) is 1. The molecule has 3 rings (SSSR count). The van der Waals surface area contributed by atoms with Crippen LogP contribution in [0.1, 0.15) is 10.4 Å². The molecule has 0 bridgehead atoms. The third-order valence-electron chi connectivity index (χ3n) is 4.18. The lowest BCUT2D eigenvalue weighted by Gasteiger charge is -2.20. The number of pyridine rings is 1. The molecule has 2 amide bonds. The largest absolute Gasteiger partial charge is 0.496 e. The van der Waals surface area contributed by atoms with Crippen LogP contribution in [-0.4, -0.2) is 49.6 Å². The maximum Gasteiger partial charge on any atom is 0.259 e. The first-order chi connectivity index (χ1) is 13.1. The second-order valence-corrected chi connectivity index (χ2v) is 5.85. The minimum Gasteiger partial charge on any atom is -0.496 e. The van der Waals surface area contributed by atoms with Crippen molar-refractivity contribution in [1.82, 2.24) is 21.2 Å². The quantitative estimate of drug-likeness (QED) is 0.578. The molecule has 9 heteroatoms. The summed E-state index contributed by atoms with van der Waals surface area (Å²) in [6.45, 7) is 0.387. The van der Waals surface area contributed by atoms with Gasteiger partial charge in [0.05, 0.1) is 20.3 Å². The van der Waals surface area contributed by atoms with Gasteiger partial charge in [-0.2, -0.15) is 0 Å². The van der Waals surface area contributed by atoms with Crippen LogP contribution in [0.15, 0.2) is 42.7 Å². The van der Waals surface area contributed by atoms with Crippen molar-refractivity contribution in [3.63, 3.8) is 0 Å². The van der Waals surface area contributed by atoms with Crippen molar-refractivity contribution in [1.29, 1.82) is 0 Å². The highest BCUT2D eigenvalue weighted by Crippen LogP contribution is 2.28. The number of aromatic nitrogens is 1. The first kappa shape index (κ1) is 18.6. The molecule has 2 aromatic rings. The van der Waals surface area contributed by atoms with Gasteiger partial charge in [0, 0.05) is 24.6 Å². The Bertz CT molecular complexity index is 792. The Morgan fingerprint density at radius 2 is 1.78 bits per heavy atom. The topological polar surface area (TPSA) is 114 Å². The number of amides is 2. The molecule has 1 saturated heterocycles. The molecule has 0 aliphatic carbocycles. The van der Waals surface area contributed by atoms with Crippen molar-refractivity contribution in [2.24, 2.45) is 0 Å². The normalized spacial score (nSPS) is 18.6. The highest BCUT2D eigenvalue weighted by molar-refractivity contribution is 6.01. The number of hydrogen-bond acceptors (Lipinski definition) is 7. The van der Waals surface area contributed by atoms with E-state index in [0.717, 1.165) is 0 Å². The molecule has 1 aromatic carbocycles. The number of methoxy groups -OCH3 is 2. The summed E-state index contributed by atoms with van der Waals surface area (Å²) in [7, 11) is 2.96. The van der Waals surface area contributed by atoms with Gasteiger partial charge in [-0.25, -0.2) is 5.43 Å². The Kier molecular flexibility index (Phi) is 5.84. The minimum atomic E-state index is -0.650. The first-order valence-corrected chi connectivity index (χ1v) is 8.35. The summed E-state index contributed by atoms with van der Waals surface area (Å²) < 4.78 is 10.5. The highest BCUT2D eigenvalue weighted by Gasteiger charge is 2.35. The zero-order valence-electron chi connectivity index (χ0n) is 15.0. The molecule has 27 heavy (non-hydrogen) atoms. The molecule has 0 radical (unpaired) electrons. The van der Waals surface area contributed by atoms with Crippen molar-refractivity contribution in [3.05, 3.63) is 48.3 Å². The van der Waals surface area contributed by atoms with Gasteiger partial charge in [0.2, 0.25) is 5.91 Å². The van der Waals surface area contributed by atoms with Crippen LogP contribution in [-0.2, 0) is 4.79 Å². The molecule has 2 heterocycles. The van der Waals surface area contributed by atoms with E-state index in [0.29, 0.717) is 23.7 Å². The van der Waals surface area contributed by atoms with Crippen molar-refractivity contribution < 1.29 is 19.1 Å². The van der Waals surface area contributed by atoms with E-state index < -0.39 is 12.1 Å². The third-order valence-corrected chi connectivity index (χ3v) is 4.18. The zero-order valence-corrected chi connectivity index (χ0v) is 15.0. The smallest absolute Gasteiger partial charge is 0.259 e. The average Bonchev–Trinajstić information content (AvgIpc) is 3.16. The summed E-state index contributed by atoms with van der Waals surface area (Å²) in [5.74, 6) is 0.122. The van der Waals surface area contributed by atoms with Crippen molar-refractivity contribution in [2.45, 2.75) is 12.1 Å². The molecule has 1 aliphatic heterocycles. The van der Waals surface area contributed by atoms with Gasteiger partial charge in [-0.05, 0) is 24.3 Å². The fourth-order valence-corrected chi connectivity index (χ4v) is 2.85. The Labute approximate surface area is 156 Å². The molecule has 1 aromatic heterocycles. The number of anilines is 1. The van der Waals surface area contributed by atoms with Gasteiger partial charge in [0.1, 0.15) is 23.1 Å². The average molecular weight is 371 g/mol. The molecule has 1 aliphatic rings. The summed E-state index contributed by atoms with van der Waals surface area (Å²) >= 11 is 0. The summed E-state index contributed by atoms with van der Waals surface area (Å²) in [6, 6.07) is 7.35. The zero-order chi connectivity index (χ0) is 19.2. The molecule has 142 valence electrons. The molecule has 9 nitrogen and oxygen atoms in total. The van der Waals surface area contributed by atoms with Crippen LogP contribution < -0.4 is 31.0 Å². The van der Waals surface area contributed by atoms with Crippen LogP contribution in [0.5, 0.6) is 11.5 Å². The van der Waals surface area contributed by atoms with Crippen molar-refractivity contribution >= 4 is 17.5 Å². The van der Waals surface area contributed by atoms with Crippen LogP contribution in [0.25, 0.3) is 0 Å². The Balaban J connectivity index is 1.73. The molecule has 1 fully saturated rings. The summed E-state index contributed by atoms with van der Waals surface area (Å²) in [5.41, 5.74) is 6.69. The van der Waals surface area contributed by atoms with E-state index in [9.17, 15) is 9.59 Å². The number of hydrazine groups is 1. The molecule has 0 spiro atoms. The van der Waals surface area contributed by atoms with Crippen LogP contribution in [0.3, 0.4) is 0 Å². The predicted molar refractivity (Wildman–Crippen MR) is 98.6 cm³/mol. The SMILES string of the molecule is COc1cccc(OC)c1C(=O)NC1CNNC1C(=O)Nc1ccncc1. The summed E-state index contributed by atoms with van der Waals surface area (Å²) in [4.78, 5) is 29.3. The van der Waals surface area contributed by atoms with Gasteiger partial charge < -0.3 is 20.1 Å². The highest BCUT2D eigenvalue weighted by atomic mass is 16.5. The van der Waals surface area contributed by atoms with Gasteiger partial charge in [0.15, 0.2) is 0 Å². The van der Waals surface area contributed by atoms with Crippen LogP contribution in [0.4, 0.5) is 5.69 Å². The molecule has 4 N–H and O–H groups in total. The standard InChI is InChI=1S/C18H21N5O4/c1-26-13-4-3-5-14(27-2)15(13)17(24)22-12-10-20-23-16(12)18(25)21-11-6-8-19-9-7-11/h3-9,12,16,20,23H,10H2,1-2H3,(H,22,24)(H,19,21,25). The third kappa shape index (κ3) is 4.15. The number of hydrogen-bond donors (Lipinski definition) is 4. The molecule has 2 atom stereocenters. The molecule has 2 unspecified atom stereocenters. The van der Waals surface area contributed by atoms with Gasteiger partial charge in [0.25, 0.3) is 5.91 Å². The van der Waals surface area contributed by atoms with Crippen LogP contribution in [0, 0.1) is 0 Å². The van der Waals surface area contributed by atoms with E-state index in [1.807, 2.05) is 0 Å². The van der Waals surface area contributed by atoms with Gasteiger partial charge in [-0.1, -0.05) is 6.07 Å². The van der Waals surface area contributed by atoms with Gasteiger partial charge >= 0.3 is 0 Å². The maximum atomic E-state index is 12.8. The number of carbonyl (C=O) groups is 2. The number of benzene rings is 1. The Morgan fingerprint density at radius 1 is 1.11 bits per heavy atom. The molecular formula is C18H21N5O4. The maximum absolute atomic E-state index is 12.8. The lowest BCUT2D eigenvalue weighted by Crippen LogP contribution is -2.51. The summed E-state index contributed by atoms with van der Waals surface area (Å²) in [6.07, 6.45) is 3.17. The van der Waals surface area contributed by atoms with Crippen LogP contribution >= 0.6 is 0 Å². The number of ether oxygens (including phenoxy) is 2. The number of rotatable bonds is 6. The van der Waals surface area contributed by atoms with E-state index in [2.05, 4.69) is 26.5 Å². The Hall–Kier alpha value is -3.17. The fourth-order valence-electron chi connectivity index (χ4n) is 2.85. The molecule has 0 saturated carbocycles. The number of nitrogens with one attached hydrogen (secondary N) is 4. The fraction of sp³-hybridized carbons (Fsp3) is 0.278. The first-order valence-electron chi connectivity index (χ1n) is 8.35. The second kappa shape index (κ2) is 8.47. The Morgan fingerprint density at radius 3 is 2.41 bits per heavy atom. The van der Waals surface area contributed by atoms with E-state index >= 15 is 0 Å². The summed E-state index contributed by atoms with van der Waals surface area (Å²) in [5, 5.41) is 5.65. The van der Waals surface area contributed by atoms with Gasteiger partial charge in [-0.3, -0.25) is 20.0 Å². The van der Waals surface area contributed by atoms with E-state index in [4.69, 9.17) is 9.47 Å². The lowest BCUT2D eigenvalue weighted by atomic mass is 10.1.